The maximum Gasteiger partial charge on any atom is 0.134 e. The topological polar surface area (TPSA) is 52.0 Å². The average Bonchev–Trinajstić information content (AvgIpc) is 2.74. The maximum atomic E-state index is 5.53. The van der Waals surface area contributed by atoms with Crippen molar-refractivity contribution in [3.8, 4) is 10.6 Å². The summed E-state index contributed by atoms with van der Waals surface area (Å²) in [6, 6.07) is 4.04. The van der Waals surface area contributed by atoms with Gasteiger partial charge in [-0.25, -0.2) is 0 Å². The van der Waals surface area contributed by atoms with E-state index in [1.165, 1.54) is 10.4 Å². The molecule has 74 valence electrons. The molecule has 0 bridgehead atoms. The van der Waals surface area contributed by atoms with Gasteiger partial charge in [0.2, 0.25) is 0 Å². The summed E-state index contributed by atoms with van der Waals surface area (Å²) in [6.07, 6.45) is 0.894. The summed E-state index contributed by atoms with van der Waals surface area (Å²) in [6.45, 7) is 2.56. The Bertz CT molecular complexity index is 419. The van der Waals surface area contributed by atoms with Gasteiger partial charge < -0.3 is 10.3 Å². The summed E-state index contributed by atoms with van der Waals surface area (Å²) in [4.78, 5) is 1.17. The van der Waals surface area contributed by atoms with Crippen molar-refractivity contribution < 1.29 is 4.52 Å². The molecular weight excluding hydrogens is 196 g/mol. The lowest BCUT2D eigenvalue weighted by molar-refractivity contribution is 0.400. The predicted molar refractivity (Wildman–Crippen MR) is 57.3 cm³/mol. The molecule has 0 unspecified atom stereocenters. The SMILES string of the molecule is Cc1cc(-c2sccc2CCN)no1. The van der Waals surface area contributed by atoms with Crippen LogP contribution in [0.15, 0.2) is 22.0 Å². The van der Waals surface area contributed by atoms with Crippen LogP contribution in [0.4, 0.5) is 0 Å². The molecule has 0 aliphatic carbocycles. The van der Waals surface area contributed by atoms with Crippen molar-refractivity contribution in [2.75, 3.05) is 6.54 Å². The lowest BCUT2D eigenvalue weighted by Crippen LogP contribution is -2.02. The molecule has 14 heavy (non-hydrogen) atoms. The van der Waals surface area contributed by atoms with Gasteiger partial charge in [-0.3, -0.25) is 0 Å². The second kappa shape index (κ2) is 3.94. The van der Waals surface area contributed by atoms with Crippen LogP contribution in [0.25, 0.3) is 10.6 Å². The fourth-order valence-electron chi connectivity index (χ4n) is 1.39. The van der Waals surface area contributed by atoms with E-state index in [1.54, 1.807) is 11.3 Å². The summed E-state index contributed by atoms with van der Waals surface area (Å²) in [5.41, 5.74) is 7.71. The highest BCUT2D eigenvalue weighted by Crippen LogP contribution is 2.29. The van der Waals surface area contributed by atoms with Crippen LogP contribution < -0.4 is 5.73 Å². The Morgan fingerprint density at radius 2 is 2.43 bits per heavy atom. The maximum absolute atomic E-state index is 5.53. The quantitative estimate of drug-likeness (QED) is 0.841. The average molecular weight is 208 g/mol. The van der Waals surface area contributed by atoms with Crippen molar-refractivity contribution in [3.63, 3.8) is 0 Å². The summed E-state index contributed by atoms with van der Waals surface area (Å²) in [7, 11) is 0. The van der Waals surface area contributed by atoms with Crippen molar-refractivity contribution >= 4 is 11.3 Å². The number of aromatic nitrogens is 1. The van der Waals surface area contributed by atoms with E-state index in [9.17, 15) is 0 Å². The molecule has 2 aromatic rings. The molecule has 3 nitrogen and oxygen atoms in total. The highest BCUT2D eigenvalue weighted by Gasteiger charge is 2.09. The highest BCUT2D eigenvalue weighted by molar-refractivity contribution is 7.13. The van der Waals surface area contributed by atoms with Gasteiger partial charge in [-0.2, -0.15) is 0 Å². The molecule has 0 fully saturated rings. The Hall–Kier alpha value is -1.13. The molecule has 0 amide bonds. The van der Waals surface area contributed by atoms with Gasteiger partial charge in [-0.15, -0.1) is 11.3 Å². The van der Waals surface area contributed by atoms with E-state index in [2.05, 4.69) is 16.6 Å². The first-order chi connectivity index (χ1) is 6.81. The second-order valence-electron chi connectivity index (χ2n) is 3.14. The molecule has 0 aliphatic rings. The van der Waals surface area contributed by atoms with Gasteiger partial charge in [0.15, 0.2) is 0 Å². The van der Waals surface area contributed by atoms with Crippen LogP contribution in [0.3, 0.4) is 0 Å². The van der Waals surface area contributed by atoms with Crippen molar-refractivity contribution in [3.05, 3.63) is 28.8 Å². The highest BCUT2D eigenvalue weighted by atomic mass is 32.1. The minimum Gasteiger partial charge on any atom is -0.361 e. The van der Waals surface area contributed by atoms with E-state index < -0.39 is 0 Å². The van der Waals surface area contributed by atoms with Crippen molar-refractivity contribution in [1.82, 2.24) is 5.16 Å². The number of rotatable bonds is 3. The van der Waals surface area contributed by atoms with Gasteiger partial charge in [0.05, 0.1) is 4.88 Å². The predicted octanol–water partition coefficient (Wildman–Crippen LogP) is 2.21. The number of hydrogen-bond acceptors (Lipinski definition) is 4. The molecule has 2 heterocycles. The fourth-order valence-corrected chi connectivity index (χ4v) is 2.29. The minimum absolute atomic E-state index is 0.667. The van der Waals surface area contributed by atoms with Crippen molar-refractivity contribution in [2.24, 2.45) is 5.73 Å². The van der Waals surface area contributed by atoms with Crippen molar-refractivity contribution in [2.45, 2.75) is 13.3 Å². The van der Waals surface area contributed by atoms with Crippen LogP contribution in [0.5, 0.6) is 0 Å². The first kappa shape index (κ1) is 9.43. The molecule has 0 spiro atoms. The number of thiophene rings is 1. The molecule has 0 aromatic carbocycles. The third-order valence-corrected chi connectivity index (χ3v) is 3.00. The lowest BCUT2D eigenvalue weighted by atomic mass is 10.1. The number of aryl methyl sites for hydroxylation is 1. The molecule has 2 rings (SSSR count). The summed E-state index contributed by atoms with van der Waals surface area (Å²) < 4.78 is 5.05. The summed E-state index contributed by atoms with van der Waals surface area (Å²) >= 11 is 1.68. The monoisotopic (exact) mass is 208 g/mol. The molecule has 4 heteroatoms. The van der Waals surface area contributed by atoms with E-state index in [1.807, 2.05) is 13.0 Å². The lowest BCUT2D eigenvalue weighted by Gasteiger charge is -1.96. The Kier molecular flexibility index (Phi) is 2.65. The normalized spacial score (nSPS) is 10.7. The van der Waals surface area contributed by atoms with E-state index in [0.717, 1.165) is 17.9 Å². The Morgan fingerprint density at radius 1 is 1.57 bits per heavy atom. The molecule has 0 atom stereocenters. The van der Waals surface area contributed by atoms with E-state index in [0.29, 0.717) is 6.54 Å². The van der Waals surface area contributed by atoms with Crippen LogP contribution in [-0.4, -0.2) is 11.7 Å². The van der Waals surface area contributed by atoms with E-state index >= 15 is 0 Å². The minimum atomic E-state index is 0.667. The molecule has 2 aromatic heterocycles. The van der Waals surface area contributed by atoms with Gasteiger partial charge in [0.25, 0.3) is 0 Å². The van der Waals surface area contributed by atoms with E-state index in [4.69, 9.17) is 10.3 Å². The van der Waals surface area contributed by atoms with Crippen LogP contribution in [0.1, 0.15) is 11.3 Å². The number of hydrogen-bond donors (Lipinski definition) is 1. The zero-order chi connectivity index (χ0) is 9.97. The largest absolute Gasteiger partial charge is 0.361 e. The van der Waals surface area contributed by atoms with Crippen LogP contribution in [0.2, 0.25) is 0 Å². The number of nitrogens with two attached hydrogens (primary N) is 1. The van der Waals surface area contributed by atoms with Crippen LogP contribution in [0, 0.1) is 6.92 Å². The molecule has 0 aliphatic heterocycles. The van der Waals surface area contributed by atoms with Gasteiger partial charge in [0, 0.05) is 6.07 Å². The number of nitrogens with zero attached hydrogens (tertiary/aromatic N) is 1. The Morgan fingerprint density at radius 3 is 3.07 bits per heavy atom. The van der Waals surface area contributed by atoms with Gasteiger partial charge in [-0.1, -0.05) is 5.16 Å². The van der Waals surface area contributed by atoms with Gasteiger partial charge in [0.1, 0.15) is 11.5 Å². The first-order valence-corrected chi connectivity index (χ1v) is 5.39. The molecule has 0 saturated carbocycles. The second-order valence-corrected chi connectivity index (χ2v) is 4.05. The fraction of sp³-hybridized carbons (Fsp3) is 0.300. The Labute approximate surface area is 86.5 Å². The summed E-state index contributed by atoms with van der Waals surface area (Å²) in [5.74, 6) is 0.840. The van der Waals surface area contributed by atoms with Crippen molar-refractivity contribution in [1.29, 1.82) is 0 Å². The summed E-state index contributed by atoms with van der Waals surface area (Å²) in [5, 5.41) is 6.06. The van der Waals surface area contributed by atoms with Gasteiger partial charge in [-0.05, 0) is 36.9 Å². The van der Waals surface area contributed by atoms with Crippen LogP contribution in [-0.2, 0) is 6.42 Å². The van der Waals surface area contributed by atoms with Gasteiger partial charge >= 0.3 is 0 Å². The Balaban J connectivity index is 2.36. The zero-order valence-corrected chi connectivity index (χ0v) is 8.80. The molecule has 0 saturated heterocycles. The van der Waals surface area contributed by atoms with Crippen LogP contribution >= 0.6 is 11.3 Å². The molecular formula is C10H12N2OS. The molecule has 0 radical (unpaired) electrons. The standard InChI is InChI=1S/C10H12N2OS/c1-7-6-9(12-13-7)10-8(2-4-11)3-5-14-10/h3,5-6H,2,4,11H2,1H3. The third-order valence-electron chi connectivity index (χ3n) is 2.02. The smallest absolute Gasteiger partial charge is 0.134 e. The third kappa shape index (κ3) is 1.71. The van der Waals surface area contributed by atoms with E-state index in [-0.39, 0.29) is 0 Å². The molecule has 2 N–H and O–H groups in total. The first-order valence-electron chi connectivity index (χ1n) is 4.51. The zero-order valence-electron chi connectivity index (χ0n) is 7.99.